The van der Waals surface area contributed by atoms with E-state index in [-0.39, 0.29) is 11.8 Å². The van der Waals surface area contributed by atoms with Crippen LogP contribution in [0, 0.1) is 0 Å². The van der Waals surface area contributed by atoms with Crippen molar-refractivity contribution in [2.75, 3.05) is 11.9 Å². The van der Waals surface area contributed by atoms with E-state index in [1.165, 1.54) is 11.3 Å². The molecule has 2 aromatic heterocycles. The van der Waals surface area contributed by atoms with Gasteiger partial charge in [0.15, 0.2) is 0 Å². The zero-order valence-electron chi connectivity index (χ0n) is 14.8. The Bertz CT molecular complexity index is 972. The highest BCUT2D eigenvalue weighted by Gasteiger charge is 2.34. The Morgan fingerprint density at radius 1 is 1.21 bits per heavy atom. The fraction of sp³-hybridized carbons (Fsp3) is 0.263. The van der Waals surface area contributed by atoms with Gasteiger partial charge in [-0.2, -0.15) is 0 Å². The summed E-state index contributed by atoms with van der Waals surface area (Å²) in [5, 5.41) is 14.7. The summed E-state index contributed by atoms with van der Waals surface area (Å²) in [6, 6.07) is 10.7. The molecule has 0 radical (unpaired) electrons. The van der Waals surface area contributed by atoms with Gasteiger partial charge in [-0.05, 0) is 36.4 Å². The summed E-state index contributed by atoms with van der Waals surface area (Å²) in [6.45, 7) is 0.606. The molecule has 1 atom stereocenters. The topological polar surface area (TPSA) is 75.2 Å². The van der Waals surface area contributed by atoms with Gasteiger partial charge in [-0.1, -0.05) is 41.1 Å². The molecule has 1 saturated heterocycles. The molecule has 3 aromatic rings. The van der Waals surface area contributed by atoms with Gasteiger partial charge in [0, 0.05) is 22.0 Å². The summed E-state index contributed by atoms with van der Waals surface area (Å²) in [5.41, 5.74) is 0.885. The molecule has 0 spiro atoms. The van der Waals surface area contributed by atoms with E-state index < -0.39 is 6.04 Å². The quantitative estimate of drug-likeness (QED) is 0.658. The third-order valence-corrected chi connectivity index (χ3v) is 6.54. The van der Waals surface area contributed by atoms with Gasteiger partial charge in [0.1, 0.15) is 11.0 Å². The summed E-state index contributed by atoms with van der Waals surface area (Å²) in [4.78, 5) is 28.0. The number of anilines is 1. The number of halogens is 1. The lowest BCUT2D eigenvalue weighted by atomic mass is 10.2. The molecule has 144 valence electrons. The van der Waals surface area contributed by atoms with E-state index in [1.54, 1.807) is 28.4 Å². The number of amides is 2. The van der Waals surface area contributed by atoms with Crippen LogP contribution in [-0.4, -0.2) is 39.5 Å². The molecule has 28 heavy (non-hydrogen) atoms. The zero-order valence-corrected chi connectivity index (χ0v) is 17.2. The maximum Gasteiger partial charge on any atom is 0.249 e. The van der Waals surface area contributed by atoms with Crippen LogP contribution >= 0.6 is 34.3 Å². The van der Waals surface area contributed by atoms with E-state index in [0.29, 0.717) is 34.5 Å². The van der Waals surface area contributed by atoms with Crippen LogP contribution in [-0.2, 0) is 16.0 Å². The summed E-state index contributed by atoms with van der Waals surface area (Å²) in [7, 11) is 0. The molecule has 2 amide bonds. The fourth-order valence-corrected chi connectivity index (χ4v) is 4.75. The van der Waals surface area contributed by atoms with Crippen molar-refractivity contribution < 1.29 is 9.59 Å². The van der Waals surface area contributed by atoms with E-state index in [1.807, 2.05) is 29.6 Å². The van der Waals surface area contributed by atoms with Crippen LogP contribution in [0.2, 0.25) is 5.02 Å². The van der Waals surface area contributed by atoms with Crippen LogP contribution in [0.1, 0.15) is 17.7 Å². The van der Waals surface area contributed by atoms with E-state index >= 15 is 0 Å². The Kier molecular flexibility index (Phi) is 5.70. The molecule has 9 heteroatoms. The van der Waals surface area contributed by atoms with Gasteiger partial charge in [0.2, 0.25) is 16.9 Å². The Morgan fingerprint density at radius 2 is 2.04 bits per heavy atom. The van der Waals surface area contributed by atoms with Gasteiger partial charge in [-0.15, -0.1) is 21.5 Å². The fourth-order valence-electron chi connectivity index (χ4n) is 3.17. The number of nitrogens with one attached hydrogen (secondary N) is 1. The summed E-state index contributed by atoms with van der Waals surface area (Å²) in [5.74, 6) is -0.227. The van der Waals surface area contributed by atoms with E-state index in [4.69, 9.17) is 11.6 Å². The average molecular weight is 433 g/mol. The predicted octanol–water partition coefficient (Wildman–Crippen LogP) is 4.09. The van der Waals surface area contributed by atoms with Gasteiger partial charge in [0.25, 0.3) is 0 Å². The molecule has 1 N–H and O–H groups in total. The van der Waals surface area contributed by atoms with Crippen LogP contribution in [0.5, 0.6) is 0 Å². The standard InChI is InChI=1S/C19H17ClN4O2S2/c20-13-7-5-12(6-8-13)18-22-23-19(28-18)21-17(26)15-4-1-9-24(15)16(25)11-14-3-2-10-27-14/h2-3,5-8,10,15H,1,4,9,11H2,(H,21,23,26). The van der Waals surface area contributed by atoms with Crippen molar-refractivity contribution in [3.05, 3.63) is 51.7 Å². The van der Waals surface area contributed by atoms with E-state index in [2.05, 4.69) is 15.5 Å². The highest BCUT2D eigenvalue weighted by Crippen LogP contribution is 2.28. The molecule has 0 bridgehead atoms. The number of rotatable bonds is 5. The molecule has 0 aliphatic carbocycles. The molecule has 3 heterocycles. The normalized spacial score (nSPS) is 16.3. The van der Waals surface area contributed by atoms with Gasteiger partial charge < -0.3 is 4.90 Å². The molecule has 1 fully saturated rings. The summed E-state index contributed by atoms with van der Waals surface area (Å²) >= 11 is 8.75. The van der Waals surface area contributed by atoms with Gasteiger partial charge >= 0.3 is 0 Å². The number of hydrogen-bond donors (Lipinski definition) is 1. The molecular formula is C19H17ClN4O2S2. The first-order chi connectivity index (χ1) is 13.6. The largest absolute Gasteiger partial charge is 0.330 e. The molecule has 4 rings (SSSR count). The first kappa shape index (κ1) is 19.0. The van der Waals surface area contributed by atoms with Crippen molar-refractivity contribution in [3.8, 4) is 10.6 Å². The lowest BCUT2D eigenvalue weighted by Gasteiger charge is -2.23. The van der Waals surface area contributed by atoms with Crippen LogP contribution in [0.25, 0.3) is 10.6 Å². The summed E-state index contributed by atoms with van der Waals surface area (Å²) < 4.78 is 0. The van der Waals surface area contributed by atoms with Gasteiger partial charge in [-0.3, -0.25) is 14.9 Å². The minimum atomic E-state index is -0.463. The minimum absolute atomic E-state index is 0.0146. The number of likely N-dealkylation sites (tertiary alicyclic amines) is 1. The van der Waals surface area contributed by atoms with Crippen molar-refractivity contribution in [2.24, 2.45) is 0 Å². The van der Waals surface area contributed by atoms with Crippen molar-refractivity contribution in [1.29, 1.82) is 0 Å². The maximum absolute atomic E-state index is 12.7. The zero-order chi connectivity index (χ0) is 19.5. The SMILES string of the molecule is O=C(Nc1nnc(-c2ccc(Cl)cc2)s1)C1CCCN1C(=O)Cc1cccs1. The molecule has 1 aliphatic rings. The number of carbonyl (C=O) groups is 2. The highest BCUT2D eigenvalue weighted by molar-refractivity contribution is 7.18. The Labute approximate surface area is 175 Å². The number of aromatic nitrogens is 2. The molecule has 0 saturated carbocycles. The van der Waals surface area contributed by atoms with E-state index in [9.17, 15) is 9.59 Å². The maximum atomic E-state index is 12.7. The van der Waals surface area contributed by atoms with Gasteiger partial charge in [-0.25, -0.2) is 0 Å². The van der Waals surface area contributed by atoms with Crippen molar-refractivity contribution in [1.82, 2.24) is 15.1 Å². The first-order valence-electron chi connectivity index (χ1n) is 8.82. The average Bonchev–Trinajstić information content (AvgIpc) is 3.44. The molecule has 1 aliphatic heterocycles. The monoisotopic (exact) mass is 432 g/mol. The molecule has 1 aromatic carbocycles. The molecule has 6 nitrogen and oxygen atoms in total. The number of carbonyl (C=O) groups excluding carboxylic acids is 2. The predicted molar refractivity (Wildman–Crippen MR) is 112 cm³/mol. The molecule has 1 unspecified atom stereocenters. The summed E-state index contributed by atoms with van der Waals surface area (Å²) in [6.07, 6.45) is 1.81. The van der Waals surface area contributed by atoms with Crippen molar-refractivity contribution in [2.45, 2.75) is 25.3 Å². The van der Waals surface area contributed by atoms with Crippen LogP contribution in [0.4, 0.5) is 5.13 Å². The Hall–Kier alpha value is -2.29. The van der Waals surface area contributed by atoms with E-state index in [0.717, 1.165) is 16.9 Å². The number of benzene rings is 1. The number of thiophene rings is 1. The van der Waals surface area contributed by atoms with Crippen molar-refractivity contribution >= 4 is 51.2 Å². The van der Waals surface area contributed by atoms with Crippen LogP contribution in [0.15, 0.2) is 41.8 Å². The molecular weight excluding hydrogens is 416 g/mol. The van der Waals surface area contributed by atoms with Gasteiger partial charge in [0.05, 0.1) is 6.42 Å². The van der Waals surface area contributed by atoms with Crippen LogP contribution in [0.3, 0.4) is 0 Å². The lowest BCUT2D eigenvalue weighted by molar-refractivity contribution is -0.136. The Balaban J connectivity index is 1.41. The minimum Gasteiger partial charge on any atom is -0.330 e. The van der Waals surface area contributed by atoms with Crippen LogP contribution < -0.4 is 5.32 Å². The third kappa shape index (κ3) is 4.24. The highest BCUT2D eigenvalue weighted by atomic mass is 35.5. The van der Waals surface area contributed by atoms with Crippen molar-refractivity contribution in [3.63, 3.8) is 0 Å². The number of nitrogens with zero attached hydrogens (tertiary/aromatic N) is 3. The first-order valence-corrected chi connectivity index (χ1v) is 10.9. The smallest absolute Gasteiger partial charge is 0.249 e. The number of hydrogen-bond acceptors (Lipinski definition) is 6. The second-order valence-electron chi connectivity index (χ2n) is 6.41. The second-order valence-corrected chi connectivity index (χ2v) is 8.86. The Morgan fingerprint density at radius 3 is 2.79 bits per heavy atom. The third-order valence-electron chi connectivity index (χ3n) is 4.53. The second kappa shape index (κ2) is 8.38. The lowest BCUT2D eigenvalue weighted by Crippen LogP contribution is -2.43.